The van der Waals surface area contributed by atoms with Gasteiger partial charge in [-0.1, -0.05) is 154 Å². The molecule has 0 aliphatic heterocycles. The number of hydrogen-bond acceptors (Lipinski definition) is 1. The van der Waals surface area contributed by atoms with E-state index in [2.05, 4.69) is 164 Å². The van der Waals surface area contributed by atoms with Crippen LogP contribution in [0.3, 0.4) is 0 Å². The Balaban J connectivity index is 1.32. The van der Waals surface area contributed by atoms with Gasteiger partial charge in [-0.3, -0.25) is 0 Å². The molecule has 0 aromatic heterocycles. The van der Waals surface area contributed by atoms with Crippen molar-refractivity contribution in [2.45, 2.75) is 57.3 Å². The second kappa shape index (κ2) is 11.5. The van der Waals surface area contributed by atoms with Crippen LogP contribution in [0.15, 0.2) is 146 Å². The molecule has 1 nitrogen and oxygen atoms in total. The SMILES string of the molecule is CC1(C)c2ccccc2-c2cc(N(c3ccc(C4CCCCC4)cc3)c3c(-c4cccc5ccccc45)ccc4ccccc34)ccc21. The summed E-state index contributed by atoms with van der Waals surface area (Å²) in [6, 6.07) is 54.8. The van der Waals surface area contributed by atoms with E-state index in [1.165, 1.54) is 110 Å². The maximum Gasteiger partial charge on any atom is 0.0618 e. The zero-order valence-corrected chi connectivity index (χ0v) is 27.9. The van der Waals surface area contributed by atoms with Gasteiger partial charge in [0.05, 0.1) is 5.69 Å². The van der Waals surface area contributed by atoms with Gasteiger partial charge >= 0.3 is 0 Å². The Hall–Kier alpha value is -5.14. The van der Waals surface area contributed by atoms with Crippen LogP contribution < -0.4 is 4.90 Å². The fourth-order valence-electron chi connectivity index (χ4n) is 8.76. The van der Waals surface area contributed by atoms with E-state index in [1.807, 2.05) is 0 Å². The van der Waals surface area contributed by atoms with E-state index >= 15 is 0 Å². The summed E-state index contributed by atoms with van der Waals surface area (Å²) in [5, 5.41) is 5.02. The number of benzene rings is 7. The number of rotatable bonds is 5. The summed E-state index contributed by atoms with van der Waals surface area (Å²) in [4.78, 5) is 2.54. The van der Waals surface area contributed by atoms with Gasteiger partial charge in [-0.25, -0.2) is 0 Å². The summed E-state index contributed by atoms with van der Waals surface area (Å²) in [5.41, 5.74) is 13.0. The normalized spacial score (nSPS) is 15.4. The van der Waals surface area contributed by atoms with Crippen LogP contribution in [0.5, 0.6) is 0 Å². The molecule has 0 radical (unpaired) electrons. The van der Waals surface area contributed by atoms with Crippen LogP contribution in [-0.4, -0.2) is 0 Å². The Bertz CT molecular complexity index is 2300. The van der Waals surface area contributed by atoms with Crippen molar-refractivity contribution in [3.63, 3.8) is 0 Å². The molecule has 48 heavy (non-hydrogen) atoms. The molecule has 2 aliphatic rings. The lowest BCUT2D eigenvalue weighted by Crippen LogP contribution is -2.16. The van der Waals surface area contributed by atoms with Crippen molar-refractivity contribution in [2.75, 3.05) is 4.90 Å². The van der Waals surface area contributed by atoms with Crippen molar-refractivity contribution >= 4 is 38.6 Å². The first-order valence-electron chi connectivity index (χ1n) is 17.7. The third-order valence-electron chi connectivity index (χ3n) is 11.3. The molecular weight excluding hydrogens is 579 g/mol. The summed E-state index contributed by atoms with van der Waals surface area (Å²) in [6.45, 7) is 4.73. The highest BCUT2D eigenvalue weighted by Crippen LogP contribution is 2.52. The third-order valence-corrected chi connectivity index (χ3v) is 11.3. The van der Waals surface area contributed by atoms with E-state index in [4.69, 9.17) is 0 Å². The maximum atomic E-state index is 2.54. The van der Waals surface area contributed by atoms with Gasteiger partial charge in [0.15, 0.2) is 0 Å². The van der Waals surface area contributed by atoms with Gasteiger partial charge in [-0.2, -0.15) is 0 Å². The van der Waals surface area contributed by atoms with Gasteiger partial charge < -0.3 is 4.90 Å². The van der Waals surface area contributed by atoms with Crippen LogP contribution in [0.25, 0.3) is 43.8 Å². The Morgan fingerprint density at radius 3 is 1.92 bits per heavy atom. The molecule has 0 N–H and O–H groups in total. The average Bonchev–Trinajstić information content (AvgIpc) is 3.38. The second-order valence-corrected chi connectivity index (χ2v) is 14.4. The summed E-state index contributed by atoms with van der Waals surface area (Å²) in [5.74, 6) is 0.670. The van der Waals surface area contributed by atoms with Crippen molar-refractivity contribution in [3.05, 3.63) is 162 Å². The molecule has 0 bridgehead atoms. The quantitative estimate of drug-likeness (QED) is 0.185. The fraction of sp³-hybridized carbons (Fsp3) is 0.191. The zero-order chi connectivity index (χ0) is 32.2. The van der Waals surface area contributed by atoms with E-state index in [1.54, 1.807) is 0 Å². The van der Waals surface area contributed by atoms with Crippen molar-refractivity contribution in [1.29, 1.82) is 0 Å². The molecule has 2 aliphatic carbocycles. The highest BCUT2D eigenvalue weighted by atomic mass is 15.1. The van der Waals surface area contributed by atoms with Gasteiger partial charge in [-0.05, 0) is 92.6 Å². The van der Waals surface area contributed by atoms with E-state index in [0.29, 0.717) is 5.92 Å². The average molecular weight is 620 g/mol. The van der Waals surface area contributed by atoms with Crippen LogP contribution in [0.4, 0.5) is 17.1 Å². The van der Waals surface area contributed by atoms with Gasteiger partial charge in [0, 0.05) is 27.7 Å². The maximum absolute atomic E-state index is 2.54. The molecule has 0 heterocycles. The molecule has 0 spiro atoms. The minimum absolute atomic E-state index is 0.0372. The van der Waals surface area contributed by atoms with Crippen LogP contribution in [0, 0.1) is 0 Å². The van der Waals surface area contributed by atoms with Gasteiger partial charge in [-0.15, -0.1) is 0 Å². The topological polar surface area (TPSA) is 3.24 Å². The van der Waals surface area contributed by atoms with E-state index in [9.17, 15) is 0 Å². The Labute approximate surface area is 284 Å². The van der Waals surface area contributed by atoms with Gasteiger partial charge in [0.2, 0.25) is 0 Å². The van der Waals surface area contributed by atoms with Crippen molar-refractivity contribution in [3.8, 4) is 22.3 Å². The monoisotopic (exact) mass is 619 g/mol. The van der Waals surface area contributed by atoms with E-state index < -0.39 is 0 Å². The summed E-state index contributed by atoms with van der Waals surface area (Å²) >= 11 is 0. The number of hydrogen-bond donors (Lipinski definition) is 0. The van der Waals surface area contributed by atoms with Crippen molar-refractivity contribution in [2.24, 2.45) is 0 Å². The standard InChI is InChI=1S/C47H41N/c1-47(2)44-22-11-10-20-41(44)43-31-37(28-30-45(43)47)48(36-26-23-33(24-27-36)32-13-4-3-5-14-32)46-39-19-9-7-16-35(39)25-29-42(46)40-21-12-17-34-15-6-8-18-38(34)40/h6-12,15-32H,3-5,13-14H2,1-2H3. The summed E-state index contributed by atoms with van der Waals surface area (Å²) in [6.07, 6.45) is 6.67. The number of fused-ring (bicyclic) bond motifs is 5. The second-order valence-electron chi connectivity index (χ2n) is 14.4. The summed E-state index contributed by atoms with van der Waals surface area (Å²) < 4.78 is 0. The van der Waals surface area contributed by atoms with Crippen LogP contribution in [0.2, 0.25) is 0 Å². The highest BCUT2D eigenvalue weighted by molar-refractivity contribution is 6.10. The van der Waals surface area contributed by atoms with Crippen LogP contribution in [0.1, 0.15) is 68.6 Å². The van der Waals surface area contributed by atoms with Crippen molar-refractivity contribution in [1.82, 2.24) is 0 Å². The Morgan fingerprint density at radius 1 is 0.479 bits per heavy atom. The van der Waals surface area contributed by atoms with Crippen molar-refractivity contribution < 1.29 is 0 Å². The van der Waals surface area contributed by atoms with E-state index in [0.717, 1.165) is 0 Å². The van der Waals surface area contributed by atoms with Gasteiger partial charge in [0.25, 0.3) is 0 Å². The molecule has 234 valence electrons. The van der Waals surface area contributed by atoms with Gasteiger partial charge in [0.1, 0.15) is 0 Å². The summed E-state index contributed by atoms with van der Waals surface area (Å²) in [7, 11) is 0. The predicted molar refractivity (Wildman–Crippen MR) is 205 cm³/mol. The first kappa shape index (κ1) is 29.0. The molecular formula is C47H41N. The molecule has 0 atom stereocenters. The molecule has 7 aromatic carbocycles. The predicted octanol–water partition coefficient (Wildman–Crippen LogP) is 13.5. The molecule has 1 fully saturated rings. The Kier molecular flexibility index (Phi) is 6.97. The minimum Gasteiger partial charge on any atom is -0.309 e. The largest absolute Gasteiger partial charge is 0.309 e. The smallest absolute Gasteiger partial charge is 0.0618 e. The molecule has 9 rings (SSSR count). The molecule has 1 saturated carbocycles. The lowest BCUT2D eigenvalue weighted by atomic mass is 9.82. The number of anilines is 3. The lowest BCUT2D eigenvalue weighted by molar-refractivity contribution is 0.443. The first-order valence-corrected chi connectivity index (χ1v) is 17.7. The number of nitrogens with zero attached hydrogens (tertiary/aromatic N) is 1. The zero-order valence-electron chi connectivity index (χ0n) is 27.9. The Morgan fingerprint density at radius 2 is 1.10 bits per heavy atom. The first-order chi connectivity index (χ1) is 23.6. The molecule has 7 aromatic rings. The van der Waals surface area contributed by atoms with Crippen LogP contribution in [-0.2, 0) is 5.41 Å². The van der Waals surface area contributed by atoms with Crippen LogP contribution >= 0.6 is 0 Å². The minimum atomic E-state index is -0.0372. The molecule has 1 heteroatoms. The lowest BCUT2D eigenvalue weighted by Gasteiger charge is -2.31. The molecule has 0 saturated heterocycles. The van der Waals surface area contributed by atoms with E-state index in [-0.39, 0.29) is 5.41 Å². The third kappa shape index (κ3) is 4.67. The molecule has 0 unspecified atom stereocenters. The highest BCUT2D eigenvalue weighted by Gasteiger charge is 2.36. The molecule has 0 amide bonds. The fourth-order valence-corrected chi connectivity index (χ4v) is 8.76.